The van der Waals surface area contributed by atoms with Crippen molar-refractivity contribution in [3.05, 3.63) is 82.1 Å². The molecule has 1 atom stereocenters. The molecule has 2 heterocycles. The Bertz CT molecular complexity index is 1160. The lowest BCUT2D eigenvalue weighted by atomic mass is 9.92. The summed E-state index contributed by atoms with van der Waals surface area (Å²) in [7, 11) is 0. The van der Waals surface area contributed by atoms with E-state index >= 15 is 0 Å². The van der Waals surface area contributed by atoms with Crippen LogP contribution in [0, 0.1) is 0 Å². The van der Waals surface area contributed by atoms with Gasteiger partial charge in [-0.1, -0.05) is 29.8 Å². The van der Waals surface area contributed by atoms with Gasteiger partial charge in [-0.05, 0) is 61.6 Å². The summed E-state index contributed by atoms with van der Waals surface area (Å²) in [5.74, 6) is -0.00520. The topological polar surface area (TPSA) is 67.2 Å². The molecule has 2 aromatic carbocycles. The third-order valence-electron chi connectivity index (χ3n) is 6.31. The molecule has 0 saturated carbocycles. The maximum atomic E-state index is 13.0. The van der Waals surface area contributed by atoms with Crippen molar-refractivity contribution < 1.29 is 9.59 Å². The van der Waals surface area contributed by atoms with Gasteiger partial charge < -0.3 is 10.2 Å². The lowest BCUT2D eigenvalue weighted by molar-refractivity contribution is -0.117. The van der Waals surface area contributed by atoms with E-state index in [4.69, 9.17) is 11.6 Å². The molecule has 7 heteroatoms. The minimum atomic E-state index is -0.123. The molecule has 1 aliphatic carbocycles. The summed E-state index contributed by atoms with van der Waals surface area (Å²) < 4.78 is 2.02. The fourth-order valence-corrected chi connectivity index (χ4v) is 4.77. The second-order valence-corrected chi connectivity index (χ2v) is 8.88. The maximum Gasteiger partial charge on any atom is 0.251 e. The Balaban J connectivity index is 1.32. The molecule has 1 N–H and O–H groups in total. The number of carbonyl (C=O) groups is 2. The van der Waals surface area contributed by atoms with Crippen molar-refractivity contribution in [3.63, 3.8) is 0 Å². The van der Waals surface area contributed by atoms with Crippen LogP contribution in [0.15, 0.2) is 54.7 Å². The molecule has 1 aliphatic heterocycles. The van der Waals surface area contributed by atoms with Gasteiger partial charge in [0.05, 0.1) is 18.8 Å². The molecule has 2 amide bonds. The van der Waals surface area contributed by atoms with Crippen molar-refractivity contribution in [1.82, 2.24) is 15.1 Å². The van der Waals surface area contributed by atoms with Gasteiger partial charge in [-0.15, -0.1) is 0 Å². The summed E-state index contributed by atoms with van der Waals surface area (Å²) in [6.07, 6.45) is 6.14. The van der Waals surface area contributed by atoms with Crippen LogP contribution in [0.1, 0.15) is 58.9 Å². The smallest absolute Gasteiger partial charge is 0.251 e. The lowest BCUT2D eigenvalue weighted by Gasteiger charge is -2.24. The van der Waals surface area contributed by atoms with Crippen LogP contribution in [-0.2, 0) is 17.8 Å². The number of halogens is 1. The fraction of sp³-hybridized carbons (Fsp3) is 0.320. The summed E-state index contributed by atoms with van der Waals surface area (Å²) in [5, 5.41) is 8.52. The average Bonchev–Trinajstić information content (AvgIpc) is 3.42. The Morgan fingerprint density at radius 3 is 2.75 bits per heavy atom. The van der Waals surface area contributed by atoms with Gasteiger partial charge in [-0.25, -0.2) is 0 Å². The Kier molecular flexibility index (Phi) is 5.70. The summed E-state index contributed by atoms with van der Waals surface area (Å²) >= 11 is 6.00. The van der Waals surface area contributed by atoms with Crippen LogP contribution in [0.2, 0.25) is 5.02 Å². The first-order chi connectivity index (χ1) is 15.6. The Labute approximate surface area is 192 Å². The van der Waals surface area contributed by atoms with Gasteiger partial charge >= 0.3 is 0 Å². The van der Waals surface area contributed by atoms with Crippen LogP contribution in [0.25, 0.3) is 0 Å². The van der Waals surface area contributed by atoms with E-state index in [0.29, 0.717) is 25.1 Å². The quantitative estimate of drug-likeness (QED) is 0.624. The minimum absolute atomic E-state index is 0.0673. The highest BCUT2D eigenvalue weighted by molar-refractivity contribution is 6.30. The maximum absolute atomic E-state index is 13.0. The number of benzene rings is 2. The molecule has 2 aliphatic rings. The number of carbonyl (C=O) groups excluding carboxylic acids is 2. The van der Waals surface area contributed by atoms with Gasteiger partial charge in [-0.3, -0.25) is 14.3 Å². The summed E-state index contributed by atoms with van der Waals surface area (Å²) in [6.45, 7) is 1.39. The first kappa shape index (κ1) is 20.8. The summed E-state index contributed by atoms with van der Waals surface area (Å²) in [4.78, 5) is 26.9. The van der Waals surface area contributed by atoms with E-state index in [2.05, 4.69) is 10.4 Å². The molecular formula is C25H25ClN4O2. The highest BCUT2D eigenvalue weighted by Crippen LogP contribution is 2.31. The second kappa shape index (κ2) is 8.79. The van der Waals surface area contributed by atoms with E-state index in [1.54, 1.807) is 11.0 Å². The van der Waals surface area contributed by atoms with Crippen molar-refractivity contribution in [2.24, 2.45) is 0 Å². The Morgan fingerprint density at radius 2 is 1.97 bits per heavy atom. The first-order valence-corrected chi connectivity index (χ1v) is 11.5. The molecule has 164 valence electrons. The first-order valence-electron chi connectivity index (χ1n) is 11.1. The highest BCUT2D eigenvalue weighted by atomic mass is 35.5. The number of rotatable bonds is 5. The van der Waals surface area contributed by atoms with E-state index in [0.717, 1.165) is 47.5 Å². The Hall–Kier alpha value is -3.12. The molecule has 32 heavy (non-hydrogen) atoms. The number of hydrogen-bond donors (Lipinski definition) is 1. The molecule has 1 aromatic heterocycles. The molecule has 1 unspecified atom stereocenters. The van der Waals surface area contributed by atoms with Crippen LogP contribution in [0.5, 0.6) is 0 Å². The third-order valence-corrected chi connectivity index (χ3v) is 6.56. The number of fused-ring (bicyclic) bond motifs is 1. The molecule has 5 rings (SSSR count). The summed E-state index contributed by atoms with van der Waals surface area (Å²) in [5.41, 5.74) is 4.76. The van der Waals surface area contributed by atoms with E-state index < -0.39 is 0 Å². The number of nitrogens with zero attached hydrogens (tertiary/aromatic N) is 3. The molecule has 3 aromatic rings. The van der Waals surface area contributed by atoms with Crippen molar-refractivity contribution >= 4 is 29.1 Å². The van der Waals surface area contributed by atoms with Crippen LogP contribution >= 0.6 is 11.6 Å². The predicted octanol–water partition coefficient (Wildman–Crippen LogP) is 4.52. The molecule has 6 nitrogen and oxygen atoms in total. The molecule has 0 bridgehead atoms. The zero-order valence-electron chi connectivity index (χ0n) is 17.8. The van der Waals surface area contributed by atoms with Crippen LogP contribution in [-0.4, -0.2) is 28.1 Å². The van der Waals surface area contributed by atoms with Crippen molar-refractivity contribution in [2.75, 3.05) is 11.4 Å². The number of anilines is 1. The molecular weight excluding hydrogens is 424 g/mol. The van der Waals surface area contributed by atoms with Gasteiger partial charge in [0.1, 0.15) is 0 Å². The van der Waals surface area contributed by atoms with Crippen molar-refractivity contribution in [3.8, 4) is 0 Å². The largest absolute Gasteiger partial charge is 0.345 e. The summed E-state index contributed by atoms with van der Waals surface area (Å²) in [6, 6.07) is 15.1. The van der Waals surface area contributed by atoms with E-state index in [9.17, 15) is 9.59 Å². The third kappa shape index (κ3) is 4.15. The molecule has 0 spiro atoms. The molecule has 1 fully saturated rings. The van der Waals surface area contributed by atoms with Crippen LogP contribution in [0.4, 0.5) is 5.69 Å². The fourth-order valence-electron chi connectivity index (χ4n) is 4.65. The van der Waals surface area contributed by atoms with Gasteiger partial charge in [0.25, 0.3) is 5.91 Å². The number of aromatic nitrogens is 2. The highest BCUT2D eigenvalue weighted by Gasteiger charge is 2.27. The van der Waals surface area contributed by atoms with E-state index in [1.807, 2.05) is 53.3 Å². The van der Waals surface area contributed by atoms with Crippen molar-refractivity contribution in [2.45, 2.75) is 44.7 Å². The van der Waals surface area contributed by atoms with Crippen LogP contribution in [0.3, 0.4) is 0 Å². The van der Waals surface area contributed by atoms with Crippen molar-refractivity contribution in [1.29, 1.82) is 0 Å². The van der Waals surface area contributed by atoms with Gasteiger partial charge in [0, 0.05) is 40.5 Å². The average molecular weight is 449 g/mol. The van der Waals surface area contributed by atoms with Gasteiger partial charge in [0.2, 0.25) is 5.91 Å². The number of hydrogen-bond acceptors (Lipinski definition) is 3. The SMILES string of the molecule is O=C(NC1CCCc2c1cnn2Cc1ccc(Cl)cc1)c1cccc(N2CCCC2=O)c1. The van der Waals surface area contributed by atoms with Gasteiger partial charge in [0.15, 0.2) is 0 Å². The van der Waals surface area contributed by atoms with Gasteiger partial charge in [-0.2, -0.15) is 5.10 Å². The zero-order chi connectivity index (χ0) is 22.1. The number of amides is 2. The zero-order valence-corrected chi connectivity index (χ0v) is 18.5. The molecule has 0 radical (unpaired) electrons. The lowest BCUT2D eigenvalue weighted by Crippen LogP contribution is -2.31. The Morgan fingerprint density at radius 1 is 1.12 bits per heavy atom. The van der Waals surface area contributed by atoms with Crippen LogP contribution < -0.4 is 10.2 Å². The molecule has 1 saturated heterocycles. The second-order valence-electron chi connectivity index (χ2n) is 8.45. The predicted molar refractivity (Wildman–Crippen MR) is 124 cm³/mol. The normalized spacial score (nSPS) is 18.0. The van der Waals surface area contributed by atoms with E-state index in [-0.39, 0.29) is 17.9 Å². The number of nitrogens with one attached hydrogen (secondary N) is 1. The monoisotopic (exact) mass is 448 g/mol. The standard InChI is InChI=1S/C25H25ClN4O2/c26-19-11-9-17(10-12-19)16-30-23-7-2-6-22(21(23)15-27-30)28-25(32)18-4-1-5-20(14-18)29-13-3-8-24(29)31/h1,4-5,9-12,14-15,22H,2-3,6-8,13,16H2,(H,28,32). The van der Waals surface area contributed by atoms with E-state index in [1.165, 1.54) is 5.69 Å². The minimum Gasteiger partial charge on any atom is -0.345 e.